The lowest BCUT2D eigenvalue weighted by Crippen LogP contribution is -2.34. The van der Waals surface area contributed by atoms with Gasteiger partial charge < -0.3 is 5.43 Å². The van der Waals surface area contributed by atoms with Crippen LogP contribution in [0, 0.1) is 0 Å². The van der Waals surface area contributed by atoms with E-state index in [1.54, 1.807) is 11.8 Å². The lowest BCUT2D eigenvalue weighted by Gasteiger charge is -2.13. The van der Waals surface area contributed by atoms with Gasteiger partial charge in [0, 0.05) is 24.1 Å². The molecule has 1 heterocycles. The van der Waals surface area contributed by atoms with E-state index in [2.05, 4.69) is 15.1 Å². The summed E-state index contributed by atoms with van der Waals surface area (Å²) in [6, 6.07) is 2.70. The fourth-order valence-electron chi connectivity index (χ4n) is 1.32. The molecule has 102 valence electrons. The van der Waals surface area contributed by atoms with Crippen LogP contribution in [0.4, 0.5) is 5.82 Å². The second-order valence-corrected chi connectivity index (χ2v) is 6.74. The first-order valence-electron chi connectivity index (χ1n) is 5.52. The second-order valence-electron chi connectivity index (χ2n) is 3.70. The lowest BCUT2D eigenvalue weighted by atomic mass is 10.4. The maximum Gasteiger partial charge on any atom is 0.241 e. The van der Waals surface area contributed by atoms with E-state index in [-0.39, 0.29) is 10.9 Å². The summed E-state index contributed by atoms with van der Waals surface area (Å²) in [7, 11) is -3.52. The molecule has 0 bridgehead atoms. The summed E-state index contributed by atoms with van der Waals surface area (Å²) < 4.78 is 26.7. The number of aromatic nitrogens is 1. The zero-order valence-corrected chi connectivity index (χ0v) is 12.0. The Balaban J connectivity index is 2.79. The predicted molar refractivity (Wildman–Crippen MR) is 74.8 cm³/mol. The maximum atomic E-state index is 12.1. The summed E-state index contributed by atoms with van der Waals surface area (Å²) in [5.74, 6) is 7.21. The Labute approximate surface area is 112 Å². The van der Waals surface area contributed by atoms with Crippen molar-refractivity contribution in [2.75, 3.05) is 16.9 Å². The van der Waals surface area contributed by atoms with Gasteiger partial charge in [-0.3, -0.25) is 0 Å². The van der Waals surface area contributed by atoms with Crippen molar-refractivity contribution in [1.82, 2.24) is 9.71 Å². The number of hydrogen-bond donors (Lipinski definition) is 3. The van der Waals surface area contributed by atoms with Crippen LogP contribution in [0.3, 0.4) is 0 Å². The molecule has 1 aromatic rings. The van der Waals surface area contributed by atoms with Crippen molar-refractivity contribution in [1.29, 1.82) is 0 Å². The number of hydrazine groups is 1. The van der Waals surface area contributed by atoms with Crippen LogP contribution < -0.4 is 16.0 Å². The minimum absolute atomic E-state index is 0.123. The molecule has 0 aliphatic rings. The molecule has 0 aliphatic carbocycles. The molecule has 6 nitrogen and oxygen atoms in total. The monoisotopic (exact) mass is 290 g/mol. The molecular formula is C10H18N4O2S2. The molecule has 0 aliphatic heterocycles. The predicted octanol–water partition coefficient (Wildman–Crippen LogP) is 0.787. The quantitative estimate of drug-likeness (QED) is 0.507. The summed E-state index contributed by atoms with van der Waals surface area (Å²) in [4.78, 5) is 4.02. The molecule has 0 radical (unpaired) electrons. The minimum atomic E-state index is -3.52. The number of nitrogens with one attached hydrogen (secondary N) is 2. The number of thioether (sulfide) groups is 1. The van der Waals surface area contributed by atoms with Crippen LogP contribution in [0.5, 0.6) is 0 Å². The number of nitrogens with zero attached hydrogens (tertiary/aromatic N) is 1. The van der Waals surface area contributed by atoms with Crippen LogP contribution in [-0.2, 0) is 10.0 Å². The molecule has 1 aromatic heterocycles. The highest BCUT2D eigenvalue weighted by Crippen LogP contribution is 2.13. The topological polar surface area (TPSA) is 97.1 Å². The Morgan fingerprint density at radius 1 is 1.56 bits per heavy atom. The van der Waals surface area contributed by atoms with Gasteiger partial charge in [0.15, 0.2) is 0 Å². The van der Waals surface area contributed by atoms with Crippen molar-refractivity contribution in [2.24, 2.45) is 5.84 Å². The van der Waals surface area contributed by atoms with E-state index < -0.39 is 10.0 Å². The van der Waals surface area contributed by atoms with Crippen molar-refractivity contribution in [3.8, 4) is 0 Å². The number of rotatable bonds is 7. The molecule has 8 heteroatoms. The SMILES string of the molecule is CCSCC(C)NS(=O)(=O)c1ccnc(NN)c1. The molecule has 0 saturated carbocycles. The second kappa shape index (κ2) is 6.93. The van der Waals surface area contributed by atoms with Gasteiger partial charge in [0.05, 0.1) is 4.90 Å². The third kappa shape index (κ3) is 4.45. The van der Waals surface area contributed by atoms with E-state index in [1.807, 2.05) is 13.8 Å². The Morgan fingerprint density at radius 3 is 2.89 bits per heavy atom. The van der Waals surface area contributed by atoms with E-state index in [1.165, 1.54) is 18.3 Å². The molecule has 0 amide bonds. The Morgan fingerprint density at radius 2 is 2.28 bits per heavy atom. The van der Waals surface area contributed by atoms with Gasteiger partial charge in [0.2, 0.25) is 10.0 Å². The van der Waals surface area contributed by atoms with E-state index >= 15 is 0 Å². The third-order valence-corrected chi connectivity index (χ3v) is 4.85. The van der Waals surface area contributed by atoms with E-state index in [4.69, 9.17) is 5.84 Å². The van der Waals surface area contributed by atoms with Crippen LogP contribution in [-0.4, -0.2) is 30.9 Å². The molecule has 0 fully saturated rings. The number of hydrogen-bond acceptors (Lipinski definition) is 6. The van der Waals surface area contributed by atoms with Gasteiger partial charge in [-0.2, -0.15) is 11.8 Å². The van der Waals surface area contributed by atoms with Gasteiger partial charge >= 0.3 is 0 Å². The van der Waals surface area contributed by atoms with Crippen molar-refractivity contribution < 1.29 is 8.42 Å². The van der Waals surface area contributed by atoms with E-state index in [0.29, 0.717) is 5.82 Å². The Kier molecular flexibility index (Phi) is 5.86. The molecule has 1 atom stereocenters. The average molecular weight is 290 g/mol. The largest absolute Gasteiger partial charge is 0.308 e. The van der Waals surface area contributed by atoms with Crippen molar-refractivity contribution in [2.45, 2.75) is 24.8 Å². The van der Waals surface area contributed by atoms with Crippen LogP contribution >= 0.6 is 11.8 Å². The highest BCUT2D eigenvalue weighted by atomic mass is 32.2. The van der Waals surface area contributed by atoms with Crippen LogP contribution in [0.2, 0.25) is 0 Å². The number of anilines is 1. The standard InChI is InChI=1S/C10H18N4O2S2/c1-3-17-7-8(2)14-18(15,16)9-4-5-12-10(6-9)13-11/h4-6,8,14H,3,7,11H2,1-2H3,(H,12,13). The van der Waals surface area contributed by atoms with Crippen LogP contribution in [0.15, 0.2) is 23.2 Å². The average Bonchev–Trinajstić information content (AvgIpc) is 2.36. The summed E-state index contributed by atoms with van der Waals surface area (Å²) in [5.41, 5.74) is 2.32. The van der Waals surface area contributed by atoms with Gasteiger partial charge in [0.25, 0.3) is 0 Å². The van der Waals surface area contributed by atoms with E-state index in [0.717, 1.165) is 11.5 Å². The zero-order chi connectivity index (χ0) is 13.6. The lowest BCUT2D eigenvalue weighted by molar-refractivity contribution is 0.571. The molecule has 4 N–H and O–H groups in total. The Hall–Kier alpha value is -0.830. The molecule has 0 saturated heterocycles. The minimum Gasteiger partial charge on any atom is -0.308 e. The highest BCUT2D eigenvalue weighted by Gasteiger charge is 2.17. The highest BCUT2D eigenvalue weighted by molar-refractivity contribution is 7.99. The molecule has 1 rings (SSSR count). The number of pyridine rings is 1. The normalized spacial score (nSPS) is 13.3. The summed E-state index contributed by atoms with van der Waals surface area (Å²) in [5, 5.41) is 0. The van der Waals surface area contributed by atoms with Crippen molar-refractivity contribution in [3.05, 3.63) is 18.3 Å². The van der Waals surface area contributed by atoms with Gasteiger partial charge in [0.1, 0.15) is 5.82 Å². The number of nitrogen functional groups attached to an aromatic ring is 1. The Bertz CT molecular complexity index is 479. The number of nitrogens with two attached hydrogens (primary N) is 1. The number of sulfonamides is 1. The van der Waals surface area contributed by atoms with Crippen molar-refractivity contribution in [3.63, 3.8) is 0 Å². The molecule has 1 unspecified atom stereocenters. The van der Waals surface area contributed by atoms with Crippen LogP contribution in [0.1, 0.15) is 13.8 Å². The first-order valence-corrected chi connectivity index (χ1v) is 8.16. The smallest absolute Gasteiger partial charge is 0.241 e. The fourth-order valence-corrected chi connectivity index (χ4v) is 3.35. The van der Waals surface area contributed by atoms with Gasteiger partial charge in [-0.15, -0.1) is 0 Å². The first-order chi connectivity index (χ1) is 8.49. The molecule has 0 spiro atoms. The fraction of sp³-hybridized carbons (Fsp3) is 0.500. The van der Waals surface area contributed by atoms with Crippen LogP contribution in [0.25, 0.3) is 0 Å². The molecule has 0 aromatic carbocycles. The molecule has 18 heavy (non-hydrogen) atoms. The summed E-state index contributed by atoms with van der Waals surface area (Å²) in [6.07, 6.45) is 1.40. The van der Waals surface area contributed by atoms with Gasteiger partial charge in [-0.25, -0.2) is 24.0 Å². The third-order valence-electron chi connectivity index (χ3n) is 2.12. The first kappa shape index (κ1) is 15.2. The maximum absolute atomic E-state index is 12.1. The van der Waals surface area contributed by atoms with Gasteiger partial charge in [-0.1, -0.05) is 6.92 Å². The summed E-state index contributed by atoms with van der Waals surface area (Å²) >= 11 is 1.69. The summed E-state index contributed by atoms with van der Waals surface area (Å²) in [6.45, 7) is 3.87. The molecular weight excluding hydrogens is 272 g/mol. The van der Waals surface area contributed by atoms with Gasteiger partial charge in [-0.05, 0) is 18.7 Å². The zero-order valence-electron chi connectivity index (χ0n) is 10.4. The van der Waals surface area contributed by atoms with E-state index in [9.17, 15) is 8.42 Å². The van der Waals surface area contributed by atoms with Crippen molar-refractivity contribution >= 4 is 27.6 Å².